The molecule has 8 aromatic carbocycles. The van der Waals surface area contributed by atoms with Crippen molar-refractivity contribution in [3.05, 3.63) is 215 Å². The molecule has 0 fully saturated rings. The lowest BCUT2D eigenvalue weighted by atomic mass is 9.81. The zero-order valence-corrected chi connectivity index (χ0v) is 31.9. The van der Waals surface area contributed by atoms with Gasteiger partial charge in [-0.15, -0.1) is 0 Å². The van der Waals surface area contributed by atoms with Gasteiger partial charge in [0.15, 0.2) is 5.84 Å². The minimum atomic E-state index is -0.180. The van der Waals surface area contributed by atoms with Crippen molar-refractivity contribution < 1.29 is 0 Å². The summed E-state index contributed by atoms with van der Waals surface area (Å²) in [5, 5.41) is 12.3. The van der Waals surface area contributed by atoms with Crippen LogP contribution in [0.15, 0.2) is 192 Å². The van der Waals surface area contributed by atoms with E-state index >= 15 is 0 Å². The van der Waals surface area contributed by atoms with Gasteiger partial charge in [0.05, 0.1) is 18.2 Å². The van der Waals surface area contributed by atoms with Crippen molar-refractivity contribution in [2.45, 2.75) is 25.8 Å². The van der Waals surface area contributed by atoms with Crippen LogP contribution in [0.2, 0.25) is 0 Å². The van der Waals surface area contributed by atoms with E-state index in [0.29, 0.717) is 18.2 Å². The van der Waals surface area contributed by atoms with Gasteiger partial charge in [-0.25, -0.2) is 4.99 Å². The fraction of sp³-hybridized carbons (Fsp3) is 0.0755. The van der Waals surface area contributed by atoms with E-state index in [4.69, 9.17) is 15.7 Å². The number of nitrogens with two attached hydrogens (primary N) is 1. The summed E-state index contributed by atoms with van der Waals surface area (Å²) in [6.07, 6.45) is 0. The second-order valence-corrected chi connectivity index (χ2v) is 15.1. The minimum absolute atomic E-state index is 0.180. The highest BCUT2D eigenvalue weighted by Crippen LogP contribution is 2.51. The zero-order valence-electron chi connectivity index (χ0n) is 31.9. The Bertz CT molecular complexity index is 2880. The number of benzene rings is 8. The average Bonchev–Trinajstić information content (AvgIpc) is 3.51. The first kappa shape index (κ1) is 35.4. The smallest absolute Gasteiger partial charge is 0.157 e. The molecule has 0 radical (unpaired) electrons. The van der Waals surface area contributed by atoms with E-state index in [1.807, 2.05) is 72.8 Å². The minimum Gasteiger partial charge on any atom is -0.383 e. The van der Waals surface area contributed by atoms with E-state index in [0.717, 1.165) is 38.9 Å². The highest BCUT2D eigenvalue weighted by Gasteiger charge is 2.37. The van der Waals surface area contributed by atoms with Crippen LogP contribution in [0.3, 0.4) is 0 Å². The predicted molar refractivity (Wildman–Crippen MR) is 236 cm³/mol. The highest BCUT2D eigenvalue weighted by molar-refractivity contribution is 6.11. The summed E-state index contributed by atoms with van der Waals surface area (Å²) in [5.74, 6) is 1.04. The van der Waals surface area contributed by atoms with Crippen LogP contribution >= 0.6 is 0 Å². The molecule has 0 amide bonds. The van der Waals surface area contributed by atoms with E-state index in [-0.39, 0.29) is 5.41 Å². The molecule has 0 bridgehead atoms. The van der Waals surface area contributed by atoms with Crippen molar-refractivity contribution in [1.82, 2.24) is 0 Å². The molecule has 4 heteroatoms. The lowest BCUT2D eigenvalue weighted by Gasteiger charge is -2.22. The molecule has 2 N–H and O–H groups in total. The van der Waals surface area contributed by atoms with Crippen LogP contribution in [0.4, 0.5) is 0 Å². The summed E-state index contributed by atoms with van der Waals surface area (Å²) in [4.78, 5) is 9.68. The molecule has 1 aliphatic carbocycles. The number of fused-ring (bicyclic) bond motifs is 4. The van der Waals surface area contributed by atoms with Crippen LogP contribution in [0.25, 0.3) is 55.3 Å². The molecule has 272 valence electrons. The molecule has 0 atom stereocenters. The zero-order chi connectivity index (χ0) is 38.9. The molecular formula is C53H40N4. The van der Waals surface area contributed by atoms with E-state index in [2.05, 4.69) is 129 Å². The molecule has 8 aromatic rings. The van der Waals surface area contributed by atoms with Crippen molar-refractivity contribution in [3.8, 4) is 50.6 Å². The van der Waals surface area contributed by atoms with Crippen LogP contribution in [0, 0.1) is 11.3 Å². The summed E-state index contributed by atoms with van der Waals surface area (Å²) >= 11 is 0. The van der Waals surface area contributed by atoms with Gasteiger partial charge in [-0.1, -0.05) is 184 Å². The van der Waals surface area contributed by atoms with E-state index in [1.54, 1.807) is 0 Å². The third kappa shape index (κ3) is 6.60. The predicted octanol–water partition coefficient (Wildman–Crippen LogP) is 12.4. The molecular weight excluding hydrogens is 693 g/mol. The first-order valence-electron chi connectivity index (χ1n) is 19.3. The Labute approximate surface area is 334 Å². The van der Waals surface area contributed by atoms with Crippen LogP contribution in [-0.4, -0.2) is 11.7 Å². The molecule has 0 heterocycles. The molecule has 0 spiro atoms. The van der Waals surface area contributed by atoms with Crippen molar-refractivity contribution in [3.63, 3.8) is 0 Å². The van der Waals surface area contributed by atoms with Gasteiger partial charge < -0.3 is 5.73 Å². The quantitative estimate of drug-likeness (QED) is 0.131. The molecule has 0 aromatic heterocycles. The van der Waals surface area contributed by atoms with Gasteiger partial charge in [-0.05, 0) is 78.5 Å². The second-order valence-electron chi connectivity index (χ2n) is 15.1. The fourth-order valence-corrected chi connectivity index (χ4v) is 8.23. The summed E-state index contributed by atoms with van der Waals surface area (Å²) in [6, 6.07) is 65.7. The standard InChI is InChI=1S/C53H40N4/c1-53(2)48-19-11-16-42(33-54)50(48)47-29-28-41(32-49(47)53)36-24-26-38(27-25-36)44-31-30-43(45-17-9-10-18-46(44)45)37-22-20-35(21-23-37)34-56-52(40-14-7-4-8-15-40)57-51(55)39-12-5-3-6-13-39/h3-32H,34H2,1-2H3,(H2,55,56,57). The maximum Gasteiger partial charge on any atom is 0.157 e. The fourth-order valence-electron chi connectivity index (χ4n) is 8.23. The van der Waals surface area contributed by atoms with Gasteiger partial charge in [0.25, 0.3) is 0 Å². The van der Waals surface area contributed by atoms with Gasteiger partial charge in [0.1, 0.15) is 5.84 Å². The number of amidine groups is 2. The van der Waals surface area contributed by atoms with Gasteiger partial charge in [-0.3, -0.25) is 4.99 Å². The number of nitrogens with zero attached hydrogens (tertiary/aromatic N) is 3. The molecule has 0 saturated carbocycles. The topological polar surface area (TPSA) is 74.5 Å². The van der Waals surface area contributed by atoms with Crippen LogP contribution in [0.5, 0.6) is 0 Å². The molecule has 0 aliphatic heterocycles. The summed E-state index contributed by atoms with van der Waals surface area (Å²) in [7, 11) is 0. The molecule has 1 aliphatic rings. The Balaban J connectivity index is 0.981. The lowest BCUT2D eigenvalue weighted by molar-refractivity contribution is 0.660. The molecule has 9 rings (SSSR count). The van der Waals surface area contributed by atoms with Crippen molar-refractivity contribution in [2.24, 2.45) is 15.7 Å². The highest BCUT2D eigenvalue weighted by atomic mass is 15.0. The maximum atomic E-state index is 9.85. The SMILES string of the molecule is CC1(C)c2cc(-c3ccc(-c4ccc(-c5ccc(C/N=C(\N=C(/N)c6ccccc6)c6ccccc6)cc5)c5ccccc45)cc3)ccc2-c2c(C#N)cccc21. The molecule has 0 unspecified atom stereocenters. The number of nitriles is 1. The first-order chi connectivity index (χ1) is 27.9. The van der Waals surface area contributed by atoms with Crippen molar-refractivity contribution in [2.75, 3.05) is 0 Å². The first-order valence-corrected chi connectivity index (χ1v) is 19.3. The van der Waals surface area contributed by atoms with E-state index in [1.165, 1.54) is 49.7 Å². The van der Waals surface area contributed by atoms with Gasteiger partial charge in [0.2, 0.25) is 0 Å². The molecule has 57 heavy (non-hydrogen) atoms. The Morgan fingerprint density at radius 2 is 1.09 bits per heavy atom. The van der Waals surface area contributed by atoms with Crippen molar-refractivity contribution >= 4 is 22.4 Å². The van der Waals surface area contributed by atoms with Crippen LogP contribution in [0.1, 0.15) is 47.2 Å². The summed E-state index contributed by atoms with van der Waals surface area (Å²) in [6.45, 7) is 4.99. The Morgan fingerprint density at radius 3 is 1.72 bits per heavy atom. The average molecular weight is 733 g/mol. The Morgan fingerprint density at radius 1 is 0.544 bits per heavy atom. The van der Waals surface area contributed by atoms with Crippen LogP contribution < -0.4 is 5.73 Å². The third-order valence-corrected chi connectivity index (χ3v) is 11.3. The summed E-state index contributed by atoms with van der Waals surface area (Å²) in [5.41, 5.74) is 21.6. The van der Waals surface area contributed by atoms with E-state index in [9.17, 15) is 5.26 Å². The number of rotatable bonds is 7. The number of aliphatic imine (C=N–C) groups is 2. The molecule has 0 saturated heterocycles. The lowest BCUT2D eigenvalue weighted by Crippen LogP contribution is -2.16. The second kappa shape index (κ2) is 14.7. The van der Waals surface area contributed by atoms with Gasteiger partial charge in [0, 0.05) is 22.1 Å². The number of hydrogen-bond donors (Lipinski definition) is 1. The normalized spacial score (nSPS) is 13.2. The monoisotopic (exact) mass is 732 g/mol. The van der Waals surface area contributed by atoms with Gasteiger partial charge >= 0.3 is 0 Å². The van der Waals surface area contributed by atoms with Crippen LogP contribution in [-0.2, 0) is 12.0 Å². The molecule has 4 nitrogen and oxygen atoms in total. The van der Waals surface area contributed by atoms with Gasteiger partial charge in [-0.2, -0.15) is 5.26 Å². The largest absolute Gasteiger partial charge is 0.383 e. The summed E-state index contributed by atoms with van der Waals surface area (Å²) < 4.78 is 0. The van der Waals surface area contributed by atoms with E-state index < -0.39 is 0 Å². The Hall–Kier alpha value is -7.35. The maximum absolute atomic E-state index is 9.85. The Kier molecular flexibility index (Phi) is 9.13. The van der Waals surface area contributed by atoms with Crippen molar-refractivity contribution in [1.29, 1.82) is 5.26 Å². The number of hydrogen-bond acceptors (Lipinski definition) is 2. The third-order valence-electron chi connectivity index (χ3n) is 11.3.